The molecular formula is C18H13N3O2S. The number of carbonyl (C=O) groups is 1. The predicted molar refractivity (Wildman–Crippen MR) is 92.7 cm³/mol. The van der Waals surface area contributed by atoms with Gasteiger partial charge in [-0.15, -0.1) is 11.3 Å². The van der Waals surface area contributed by atoms with Gasteiger partial charge in [0.05, 0.1) is 11.4 Å². The van der Waals surface area contributed by atoms with E-state index in [9.17, 15) is 4.79 Å². The molecule has 2 heterocycles. The lowest BCUT2D eigenvalue weighted by Crippen LogP contribution is -2.23. The molecule has 0 spiro atoms. The summed E-state index contributed by atoms with van der Waals surface area (Å²) in [6.45, 7) is 0.195. The molecule has 1 N–H and O–H groups in total. The van der Waals surface area contributed by atoms with Gasteiger partial charge in [0, 0.05) is 5.56 Å². The standard InChI is InChI=1S/C18H13N3O2S/c22-18(14-8-3-6-12-5-1-2-7-13(12)14)19-11-16-20-17(21-23-16)15-9-4-10-24-15/h1-10H,11H2,(H,19,22). The predicted octanol–water partition coefficient (Wildman–Crippen LogP) is 3.88. The van der Waals surface area contributed by atoms with Crippen molar-refractivity contribution in [1.29, 1.82) is 0 Å². The summed E-state index contributed by atoms with van der Waals surface area (Å²) in [5.41, 5.74) is 0.631. The van der Waals surface area contributed by atoms with E-state index >= 15 is 0 Å². The van der Waals surface area contributed by atoms with Gasteiger partial charge in [-0.05, 0) is 28.3 Å². The summed E-state index contributed by atoms with van der Waals surface area (Å²) in [5, 5.41) is 10.7. The molecule has 0 fully saturated rings. The Labute approximate surface area is 141 Å². The van der Waals surface area contributed by atoms with E-state index in [0.717, 1.165) is 15.6 Å². The number of fused-ring (bicyclic) bond motifs is 1. The van der Waals surface area contributed by atoms with Gasteiger partial charge >= 0.3 is 0 Å². The summed E-state index contributed by atoms with van der Waals surface area (Å²) in [6, 6.07) is 17.3. The number of hydrogen-bond acceptors (Lipinski definition) is 5. The third-order valence-corrected chi connectivity index (χ3v) is 4.51. The molecule has 4 aromatic rings. The molecule has 4 rings (SSSR count). The van der Waals surface area contributed by atoms with Gasteiger partial charge < -0.3 is 9.84 Å². The van der Waals surface area contributed by atoms with Crippen LogP contribution in [0.15, 0.2) is 64.5 Å². The van der Waals surface area contributed by atoms with Crippen molar-refractivity contribution in [2.75, 3.05) is 0 Å². The molecule has 0 saturated heterocycles. The zero-order valence-electron chi connectivity index (χ0n) is 12.6. The molecule has 0 atom stereocenters. The van der Waals surface area contributed by atoms with Gasteiger partial charge in [0.1, 0.15) is 0 Å². The maximum Gasteiger partial charge on any atom is 0.252 e. The largest absolute Gasteiger partial charge is 0.343 e. The number of benzene rings is 2. The van der Waals surface area contributed by atoms with E-state index in [4.69, 9.17) is 4.52 Å². The lowest BCUT2D eigenvalue weighted by Gasteiger charge is -2.06. The van der Waals surface area contributed by atoms with E-state index in [-0.39, 0.29) is 12.5 Å². The summed E-state index contributed by atoms with van der Waals surface area (Å²) in [4.78, 5) is 17.7. The topological polar surface area (TPSA) is 68.0 Å². The second-order valence-electron chi connectivity index (χ2n) is 5.20. The highest BCUT2D eigenvalue weighted by Gasteiger charge is 2.13. The zero-order chi connectivity index (χ0) is 16.4. The highest BCUT2D eigenvalue weighted by molar-refractivity contribution is 7.13. The zero-order valence-corrected chi connectivity index (χ0v) is 13.4. The Balaban J connectivity index is 1.50. The first-order valence-corrected chi connectivity index (χ1v) is 8.31. The van der Waals surface area contributed by atoms with Crippen molar-refractivity contribution in [3.05, 3.63) is 71.4 Å². The second kappa shape index (κ2) is 6.25. The monoisotopic (exact) mass is 335 g/mol. The van der Waals surface area contributed by atoms with Crippen LogP contribution in [0.2, 0.25) is 0 Å². The molecule has 1 amide bonds. The minimum Gasteiger partial charge on any atom is -0.343 e. The fourth-order valence-electron chi connectivity index (χ4n) is 2.51. The van der Waals surface area contributed by atoms with Gasteiger partial charge in [0.15, 0.2) is 0 Å². The fraction of sp³-hybridized carbons (Fsp3) is 0.0556. The lowest BCUT2D eigenvalue weighted by molar-refractivity contribution is 0.0948. The average molecular weight is 335 g/mol. The van der Waals surface area contributed by atoms with Crippen LogP contribution in [0.5, 0.6) is 0 Å². The van der Waals surface area contributed by atoms with Crippen molar-refractivity contribution < 1.29 is 9.32 Å². The molecule has 2 aromatic heterocycles. The summed E-state index contributed by atoms with van der Waals surface area (Å²) >= 11 is 1.54. The smallest absolute Gasteiger partial charge is 0.252 e. The van der Waals surface area contributed by atoms with Gasteiger partial charge in [-0.1, -0.05) is 47.6 Å². The van der Waals surface area contributed by atoms with E-state index < -0.39 is 0 Å². The molecule has 24 heavy (non-hydrogen) atoms. The van der Waals surface area contributed by atoms with Crippen LogP contribution in [0.3, 0.4) is 0 Å². The maximum absolute atomic E-state index is 12.5. The number of rotatable bonds is 4. The molecule has 0 saturated carbocycles. The third kappa shape index (κ3) is 2.79. The molecular weight excluding hydrogens is 322 g/mol. The van der Waals surface area contributed by atoms with Crippen LogP contribution in [0.25, 0.3) is 21.5 Å². The van der Waals surface area contributed by atoms with Crippen LogP contribution in [0.1, 0.15) is 16.2 Å². The Morgan fingerprint density at radius 3 is 2.83 bits per heavy atom. The maximum atomic E-state index is 12.5. The quantitative estimate of drug-likeness (QED) is 0.614. The first-order chi connectivity index (χ1) is 11.8. The highest BCUT2D eigenvalue weighted by Crippen LogP contribution is 2.21. The van der Waals surface area contributed by atoms with E-state index in [2.05, 4.69) is 15.5 Å². The Kier molecular flexibility index (Phi) is 3.80. The van der Waals surface area contributed by atoms with Crippen molar-refractivity contribution in [3.63, 3.8) is 0 Å². The minimum absolute atomic E-state index is 0.164. The first kappa shape index (κ1) is 14.6. The lowest BCUT2D eigenvalue weighted by atomic mass is 10.0. The molecule has 118 valence electrons. The first-order valence-electron chi connectivity index (χ1n) is 7.44. The Morgan fingerprint density at radius 1 is 1.08 bits per heavy atom. The van der Waals surface area contributed by atoms with Crippen molar-refractivity contribution >= 4 is 28.0 Å². The van der Waals surface area contributed by atoms with Gasteiger partial charge in [-0.3, -0.25) is 4.79 Å². The van der Waals surface area contributed by atoms with Crippen molar-refractivity contribution in [2.24, 2.45) is 0 Å². The van der Waals surface area contributed by atoms with E-state index in [1.165, 1.54) is 11.3 Å². The number of carbonyl (C=O) groups excluding carboxylic acids is 1. The van der Waals surface area contributed by atoms with Gasteiger partial charge in [-0.2, -0.15) is 4.98 Å². The minimum atomic E-state index is -0.164. The Hall–Kier alpha value is -2.99. The number of amides is 1. The SMILES string of the molecule is O=C(NCc1nc(-c2cccs2)no1)c1cccc2ccccc12. The highest BCUT2D eigenvalue weighted by atomic mass is 32.1. The molecule has 0 bridgehead atoms. The van der Waals surface area contributed by atoms with E-state index in [1.54, 1.807) is 0 Å². The molecule has 0 aliphatic heterocycles. The van der Waals surface area contributed by atoms with E-state index in [1.807, 2.05) is 60.0 Å². The second-order valence-corrected chi connectivity index (χ2v) is 6.15. The average Bonchev–Trinajstić information content (AvgIpc) is 3.30. The fourth-order valence-corrected chi connectivity index (χ4v) is 3.16. The molecule has 5 nitrogen and oxygen atoms in total. The van der Waals surface area contributed by atoms with Crippen molar-refractivity contribution in [2.45, 2.75) is 6.54 Å². The molecule has 0 aliphatic rings. The Bertz CT molecular complexity index is 987. The van der Waals surface area contributed by atoms with Crippen molar-refractivity contribution in [3.8, 4) is 10.7 Å². The summed E-state index contributed by atoms with van der Waals surface area (Å²) in [6.07, 6.45) is 0. The normalized spacial score (nSPS) is 10.8. The number of hydrogen-bond donors (Lipinski definition) is 1. The molecule has 0 aliphatic carbocycles. The number of nitrogens with one attached hydrogen (secondary N) is 1. The molecule has 2 aromatic carbocycles. The van der Waals surface area contributed by atoms with Crippen LogP contribution in [-0.2, 0) is 6.54 Å². The van der Waals surface area contributed by atoms with Gasteiger partial charge in [-0.25, -0.2) is 0 Å². The third-order valence-electron chi connectivity index (χ3n) is 3.64. The van der Waals surface area contributed by atoms with Crippen LogP contribution in [-0.4, -0.2) is 16.0 Å². The molecule has 6 heteroatoms. The molecule has 0 unspecified atom stereocenters. The molecule has 0 radical (unpaired) electrons. The van der Waals surface area contributed by atoms with Crippen LogP contribution < -0.4 is 5.32 Å². The van der Waals surface area contributed by atoms with Crippen LogP contribution in [0, 0.1) is 0 Å². The van der Waals surface area contributed by atoms with Gasteiger partial charge in [0.25, 0.3) is 5.91 Å². The summed E-state index contributed by atoms with van der Waals surface area (Å²) < 4.78 is 5.19. The number of nitrogens with zero attached hydrogens (tertiary/aromatic N) is 2. The summed E-state index contributed by atoms with van der Waals surface area (Å²) in [5.74, 6) is 0.758. The van der Waals surface area contributed by atoms with Crippen LogP contribution in [0.4, 0.5) is 0 Å². The van der Waals surface area contributed by atoms with E-state index in [0.29, 0.717) is 17.3 Å². The van der Waals surface area contributed by atoms with Gasteiger partial charge in [0.2, 0.25) is 11.7 Å². The van der Waals surface area contributed by atoms with Crippen LogP contribution >= 0.6 is 11.3 Å². The summed E-state index contributed by atoms with van der Waals surface area (Å²) in [7, 11) is 0. The number of aromatic nitrogens is 2. The van der Waals surface area contributed by atoms with Crippen molar-refractivity contribution in [1.82, 2.24) is 15.5 Å². The number of thiophene rings is 1. The Morgan fingerprint density at radius 2 is 1.96 bits per heavy atom.